The van der Waals surface area contributed by atoms with Gasteiger partial charge in [-0.15, -0.1) is 0 Å². The Bertz CT molecular complexity index is 912. The first-order valence-corrected chi connectivity index (χ1v) is 14.2. The van der Waals surface area contributed by atoms with Crippen molar-refractivity contribution in [1.82, 2.24) is 20.6 Å². The van der Waals surface area contributed by atoms with Crippen LogP contribution in [0.3, 0.4) is 0 Å². The number of benzene rings is 1. The predicted octanol–water partition coefficient (Wildman–Crippen LogP) is 4.67. The Kier molecular flexibility index (Phi) is 20.1. The standard InChI is InChI=1S/C16H23NO2.C11H19N3O2S.C2H6/c1-5-13-7-8-16(9-14(13)6-2)19-11-15(18)10-17-12(3)4;1-8(2)13-6-9(15)7-16-10-4-5-12-11(14-10)17-3;1-2/h5-9,12,15,17-18H,1-2,10-11H2,3-4H3;4-5,8-9,13,15H,6-7H2,1-3H3;1-2H3. The van der Waals surface area contributed by atoms with Gasteiger partial charge in [0.1, 0.15) is 31.2 Å². The van der Waals surface area contributed by atoms with Gasteiger partial charge in [0.05, 0.1) is 0 Å². The molecule has 2 unspecified atom stereocenters. The molecule has 8 nitrogen and oxygen atoms in total. The van der Waals surface area contributed by atoms with Gasteiger partial charge in [0.25, 0.3) is 0 Å². The van der Waals surface area contributed by atoms with Gasteiger partial charge in [0, 0.05) is 37.4 Å². The van der Waals surface area contributed by atoms with E-state index in [1.165, 1.54) is 11.8 Å². The second-order valence-corrected chi connectivity index (χ2v) is 9.41. The van der Waals surface area contributed by atoms with Gasteiger partial charge in [-0.3, -0.25) is 0 Å². The molecular weight excluding hydrogens is 500 g/mol. The molecule has 0 radical (unpaired) electrons. The van der Waals surface area contributed by atoms with Crippen molar-refractivity contribution < 1.29 is 19.7 Å². The lowest BCUT2D eigenvalue weighted by Crippen LogP contribution is -2.35. The lowest BCUT2D eigenvalue weighted by atomic mass is 10.1. The molecule has 38 heavy (non-hydrogen) atoms. The number of aliphatic hydroxyl groups excluding tert-OH is 2. The summed E-state index contributed by atoms with van der Waals surface area (Å²) in [7, 11) is 0. The van der Waals surface area contributed by atoms with E-state index >= 15 is 0 Å². The van der Waals surface area contributed by atoms with Crippen molar-refractivity contribution in [2.75, 3.05) is 32.6 Å². The van der Waals surface area contributed by atoms with Gasteiger partial charge in [-0.25, -0.2) is 4.98 Å². The second kappa shape index (κ2) is 21.5. The molecule has 4 N–H and O–H groups in total. The number of aromatic nitrogens is 2. The molecular formula is C29H48N4O4S. The lowest BCUT2D eigenvalue weighted by Gasteiger charge is -2.15. The number of nitrogens with one attached hydrogen (secondary N) is 2. The van der Waals surface area contributed by atoms with E-state index in [9.17, 15) is 10.2 Å². The molecule has 0 saturated carbocycles. The Balaban J connectivity index is 0.000000680. The molecule has 0 spiro atoms. The average molecular weight is 549 g/mol. The van der Waals surface area contributed by atoms with Crippen molar-refractivity contribution in [2.24, 2.45) is 0 Å². The average Bonchev–Trinajstić information content (AvgIpc) is 2.93. The Hall–Kier alpha value is -2.43. The van der Waals surface area contributed by atoms with Crippen molar-refractivity contribution in [3.8, 4) is 11.6 Å². The molecule has 214 valence electrons. The fourth-order valence-corrected chi connectivity index (χ4v) is 3.09. The first-order valence-electron chi connectivity index (χ1n) is 13.0. The van der Waals surface area contributed by atoms with Crippen LogP contribution >= 0.6 is 11.8 Å². The van der Waals surface area contributed by atoms with E-state index in [4.69, 9.17) is 9.47 Å². The number of ether oxygens (including phenoxy) is 2. The normalized spacial score (nSPS) is 12.0. The third-order valence-electron chi connectivity index (χ3n) is 4.68. The summed E-state index contributed by atoms with van der Waals surface area (Å²) >= 11 is 1.45. The summed E-state index contributed by atoms with van der Waals surface area (Å²) in [5.74, 6) is 1.22. The fourth-order valence-electron chi connectivity index (χ4n) is 2.74. The van der Waals surface area contributed by atoms with Crippen LogP contribution in [-0.2, 0) is 0 Å². The lowest BCUT2D eigenvalue weighted by molar-refractivity contribution is 0.102. The summed E-state index contributed by atoms with van der Waals surface area (Å²) in [6, 6.07) is 8.08. The number of thioether (sulfide) groups is 1. The molecule has 2 aromatic rings. The van der Waals surface area contributed by atoms with Crippen LogP contribution in [0.25, 0.3) is 12.2 Å². The Labute approximate surface area is 234 Å². The van der Waals surface area contributed by atoms with E-state index in [2.05, 4.69) is 33.8 Å². The zero-order valence-electron chi connectivity index (χ0n) is 24.1. The first kappa shape index (κ1) is 35.6. The van der Waals surface area contributed by atoms with Crippen LogP contribution < -0.4 is 20.1 Å². The Morgan fingerprint density at radius 1 is 0.895 bits per heavy atom. The molecule has 1 heterocycles. The van der Waals surface area contributed by atoms with Gasteiger partial charge in [0.2, 0.25) is 5.88 Å². The minimum Gasteiger partial charge on any atom is -0.491 e. The number of rotatable bonds is 15. The van der Waals surface area contributed by atoms with E-state index in [0.29, 0.717) is 36.2 Å². The summed E-state index contributed by atoms with van der Waals surface area (Å²) in [6.45, 7) is 21.2. The van der Waals surface area contributed by atoms with E-state index < -0.39 is 12.2 Å². The molecule has 0 fully saturated rings. The van der Waals surface area contributed by atoms with E-state index in [1.54, 1.807) is 24.4 Å². The highest BCUT2D eigenvalue weighted by atomic mass is 32.2. The summed E-state index contributed by atoms with van der Waals surface area (Å²) in [4.78, 5) is 8.20. The zero-order valence-corrected chi connectivity index (χ0v) is 24.9. The maximum Gasteiger partial charge on any atom is 0.217 e. The van der Waals surface area contributed by atoms with E-state index in [1.807, 2.05) is 66.0 Å². The molecule has 2 atom stereocenters. The van der Waals surface area contributed by atoms with Crippen LogP contribution in [0.1, 0.15) is 52.7 Å². The van der Waals surface area contributed by atoms with Gasteiger partial charge >= 0.3 is 0 Å². The SMILES string of the molecule is C=Cc1ccc(OCC(O)CNC(C)C)cc1C=C.CC.CSc1nccc(OCC(O)CNC(C)C)n1. The van der Waals surface area contributed by atoms with E-state index in [-0.39, 0.29) is 13.2 Å². The molecule has 0 aliphatic heterocycles. The van der Waals surface area contributed by atoms with Crippen molar-refractivity contribution >= 4 is 23.9 Å². The predicted molar refractivity (Wildman–Crippen MR) is 161 cm³/mol. The highest BCUT2D eigenvalue weighted by Gasteiger charge is 2.08. The van der Waals surface area contributed by atoms with Gasteiger partial charge in [-0.1, -0.05) is 84.7 Å². The quantitative estimate of drug-likeness (QED) is 0.186. The first-order chi connectivity index (χ1) is 18.2. The maximum absolute atomic E-state index is 9.76. The van der Waals surface area contributed by atoms with Crippen LogP contribution in [-0.4, -0.2) is 77.0 Å². The number of hydrogen-bond donors (Lipinski definition) is 4. The third-order valence-corrected chi connectivity index (χ3v) is 5.24. The Morgan fingerprint density at radius 3 is 1.95 bits per heavy atom. The van der Waals surface area contributed by atoms with E-state index in [0.717, 1.165) is 16.9 Å². The van der Waals surface area contributed by atoms with Gasteiger partial charge in [-0.05, 0) is 29.5 Å². The summed E-state index contributed by atoms with van der Waals surface area (Å²) in [5, 5.41) is 26.4. The number of hydrogen-bond acceptors (Lipinski definition) is 9. The van der Waals surface area contributed by atoms with Gasteiger partial charge in [0.15, 0.2) is 5.16 Å². The smallest absolute Gasteiger partial charge is 0.217 e. The summed E-state index contributed by atoms with van der Waals surface area (Å²) in [6.07, 6.45) is 6.04. The van der Waals surface area contributed by atoms with Crippen LogP contribution in [0.4, 0.5) is 0 Å². The second-order valence-electron chi connectivity index (χ2n) is 8.64. The highest BCUT2D eigenvalue weighted by Crippen LogP contribution is 2.20. The number of nitrogens with zero attached hydrogens (tertiary/aromatic N) is 2. The fraction of sp³-hybridized carbons (Fsp3) is 0.517. The van der Waals surface area contributed by atoms with Crippen LogP contribution in [0, 0.1) is 0 Å². The minimum atomic E-state index is -0.537. The maximum atomic E-state index is 9.76. The molecule has 2 rings (SSSR count). The number of aliphatic hydroxyl groups is 2. The topological polar surface area (TPSA) is 109 Å². The van der Waals surface area contributed by atoms with Gasteiger partial charge in [-0.2, -0.15) is 4.98 Å². The highest BCUT2D eigenvalue weighted by molar-refractivity contribution is 7.98. The molecule has 0 bridgehead atoms. The van der Waals surface area contributed by atoms with Crippen molar-refractivity contribution in [1.29, 1.82) is 0 Å². The third kappa shape index (κ3) is 16.4. The van der Waals surface area contributed by atoms with Crippen molar-refractivity contribution in [2.45, 2.75) is 71.0 Å². The largest absolute Gasteiger partial charge is 0.491 e. The monoisotopic (exact) mass is 548 g/mol. The molecule has 9 heteroatoms. The molecule has 0 aliphatic rings. The summed E-state index contributed by atoms with van der Waals surface area (Å²) in [5.41, 5.74) is 1.99. The molecule has 0 amide bonds. The summed E-state index contributed by atoms with van der Waals surface area (Å²) < 4.78 is 11.0. The van der Waals surface area contributed by atoms with Gasteiger partial charge < -0.3 is 30.3 Å². The minimum absolute atomic E-state index is 0.227. The zero-order chi connectivity index (χ0) is 28.9. The van der Waals surface area contributed by atoms with Crippen molar-refractivity contribution in [3.63, 3.8) is 0 Å². The van der Waals surface area contributed by atoms with Crippen LogP contribution in [0.15, 0.2) is 48.8 Å². The van der Waals surface area contributed by atoms with Crippen molar-refractivity contribution in [3.05, 3.63) is 54.7 Å². The molecule has 0 saturated heterocycles. The Morgan fingerprint density at radius 2 is 1.45 bits per heavy atom. The van der Waals surface area contributed by atoms with Crippen LogP contribution in [0.5, 0.6) is 11.6 Å². The molecule has 1 aromatic carbocycles. The molecule has 1 aromatic heterocycles. The molecule has 0 aliphatic carbocycles. The van der Waals surface area contributed by atoms with Crippen LogP contribution in [0.2, 0.25) is 0 Å².